The van der Waals surface area contributed by atoms with Gasteiger partial charge in [0.2, 0.25) is 10.0 Å². The summed E-state index contributed by atoms with van der Waals surface area (Å²) in [6.45, 7) is 0. The van der Waals surface area contributed by atoms with E-state index in [2.05, 4.69) is 15.0 Å². The van der Waals surface area contributed by atoms with Gasteiger partial charge >= 0.3 is 0 Å². The average molecular weight is 538 g/mol. The van der Waals surface area contributed by atoms with Crippen molar-refractivity contribution in [2.45, 2.75) is 12.1 Å². The SMILES string of the molecule is COc1ccc(N2C(=S)N[C@H](c3ccccn3)[C@@H]2c2cccn2-c2cccc(F)c2)cc1NS(C)(=O)=O. The number of aromatic nitrogens is 2. The van der Waals surface area contributed by atoms with Crippen LogP contribution in [-0.4, -0.2) is 36.4 Å². The molecule has 0 amide bonds. The number of methoxy groups -OCH3 is 1. The van der Waals surface area contributed by atoms with Gasteiger partial charge in [-0.2, -0.15) is 0 Å². The number of nitrogens with zero attached hydrogens (tertiary/aromatic N) is 3. The van der Waals surface area contributed by atoms with Crippen LogP contribution in [0.15, 0.2) is 85.2 Å². The zero-order valence-corrected chi connectivity index (χ0v) is 21.6. The molecule has 37 heavy (non-hydrogen) atoms. The van der Waals surface area contributed by atoms with E-state index in [4.69, 9.17) is 17.0 Å². The molecule has 1 saturated heterocycles. The maximum Gasteiger partial charge on any atom is 0.229 e. The first-order chi connectivity index (χ1) is 17.7. The standard InChI is InChI=1S/C26H24FN5O3S2/c1-35-23-12-11-19(16-21(23)30-37(2,33)34)32-25(24(29-26(32)36)20-9-3-4-13-28-20)22-10-6-14-31(22)18-8-5-7-17(27)15-18/h3-16,24-25,30H,1-2H3,(H,29,36)/t24-,25+/m1/s1. The molecule has 0 bridgehead atoms. The van der Waals surface area contributed by atoms with Crippen LogP contribution < -0.4 is 19.7 Å². The maximum absolute atomic E-state index is 14.1. The van der Waals surface area contributed by atoms with E-state index in [-0.39, 0.29) is 17.5 Å². The fraction of sp³-hybridized carbons (Fsp3) is 0.154. The Morgan fingerprint density at radius 2 is 1.89 bits per heavy atom. The van der Waals surface area contributed by atoms with Crippen molar-refractivity contribution < 1.29 is 17.5 Å². The van der Waals surface area contributed by atoms with Crippen LogP contribution in [0.1, 0.15) is 23.5 Å². The number of hydrogen-bond acceptors (Lipinski definition) is 5. The summed E-state index contributed by atoms with van der Waals surface area (Å²) in [5.74, 6) is 0.0233. The van der Waals surface area contributed by atoms with Crippen LogP contribution in [0.25, 0.3) is 5.69 Å². The molecule has 2 N–H and O–H groups in total. The number of halogens is 1. The average Bonchev–Trinajstić information content (AvgIpc) is 3.48. The molecular weight excluding hydrogens is 513 g/mol. The van der Waals surface area contributed by atoms with Gasteiger partial charge in [-0.15, -0.1) is 0 Å². The summed E-state index contributed by atoms with van der Waals surface area (Å²) in [6.07, 6.45) is 4.66. The molecule has 0 aliphatic carbocycles. The third kappa shape index (κ3) is 5.00. The van der Waals surface area contributed by atoms with E-state index in [0.717, 1.165) is 17.6 Å². The van der Waals surface area contributed by atoms with Crippen molar-refractivity contribution in [2.75, 3.05) is 23.0 Å². The first kappa shape index (κ1) is 24.7. The van der Waals surface area contributed by atoms with E-state index < -0.39 is 16.1 Å². The van der Waals surface area contributed by atoms with Crippen LogP contribution in [0, 0.1) is 5.82 Å². The molecule has 0 spiro atoms. The van der Waals surface area contributed by atoms with E-state index in [0.29, 0.717) is 22.2 Å². The van der Waals surface area contributed by atoms with Crippen molar-refractivity contribution in [1.29, 1.82) is 0 Å². The van der Waals surface area contributed by atoms with Crippen molar-refractivity contribution in [1.82, 2.24) is 14.9 Å². The van der Waals surface area contributed by atoms with Crippen molar-refractivity contribution in [3.8, 4) is 11.4 Å². The van der Waals surface area contributed by atoms with Gasteiger partial charge in [-0.1, -0.05) is 12.1 Å². The zero-order valence-electron chi connectivity index (χ0n) is 20.0. The van der Waals surface area contributed by atoms with Crippen LogP contribution >= 0.6 is 12.2 Å². The molecule has 2 aromatic carbocycles. The van der Waals surface area contributed by atoms with Gasteiger partial charge < -0.3 is 19.5 Å². The first-order valence-electron chi connectivity index (χ1n) is 11.3. The minimum absolute atomic E-state index is 0.283. The highest BCUT2D eigenvalue weighted by Crippen LogP contribution is 2.43. The molecule has 190 valence electrons. The van der Waals surface area contributed by atoms with Crippen LogP contribution in [0.3, 0.4) is 0 Å². The summed E-state index contributed by atoms with van der Waals surface area (Å²) < 4.78 is 48.0. The second kappa shape index (κ2) is 9.83. The molecule has 5 rings (SSSR count). The molecule has 0 saturated carbocycles. The Hall–Kier alpha value is -3.96. The van der Waals surface area contributed by atoms with Crippen molar-refractivity contribution in [3.63, 3.8) is 0 Å². The molecule has 0 unspecified atom stereocenters. The number of ether oxygens (including phenoxy) is 1. The van der Waals surface area contributed by atoms with Gasteiger partial charge in [0.05, 0.1) is 30.8 Å². The Morgan fingerprint density at radius 3 is 2.59 bits per heavy atom. The van der Waals surface area contributed by atoms with Crippen LogP contribution in [0.4, 0.5) is 15.8 Å². The number of nitrogens with one attached hydrogen (secondary N) is 2. The maximum atomic E-state index is 14.1. The number of thiocarbonyl (C=S) groups is 1. The molecule has 8 nitrogen and oxygen atoms in total. The lowest BCUT2D eigenvalue weighted by Gasteiger charge is -2.29. The van der Waals surface area contributed by atoms with Gasteiger partial charge in [0.15, 0.2) is 5.11 Å². The number of anilines is 2. The lowest BCUT2D eigenvalue weighted by molar-refractivity contribution is 0.417. The normalized spacial score (nSPS) is 17.5. The Morgan fingerprint density at radius 1 is 1.05 bits per heavy atom. The highest BCUT2D eigenvalue weighted by atomic mass is 32.2. The van der Waals surface area contributed by atoms with Crippen molar-refractivity contribution in [2.24, 2.45) is 0 Å². The van der Waals surface area contributed by atoms with E-state index in [1.54, 1.807) is 24.4 Å². The number of benzene rings is 2. The molecule has 11 heteroatoms. The molecule has 0 radical (unpaired) electrons. The van der Waals surface area contributed by atoms with E-state index >= 15 is 0 Å². The Balaban J connectivity index is 1.67. The lowest BCUT2D eigenvalue weighted by atomic mass is 10.0. The summed E-state index contributed by atoms with van der Waals surface area (Å²) in [6, 6.07) is 20.3. The Kier molecular flexibility index (Phi) is 6.57. The van der Waals surface area contributed by atoms with Gasteiger partial charge in [-0.05, 0) is 72.9 Å². The highest BCUT2D eigenvalue weighted by molar-refractivity contribution is 7.92. The number of hydrogen-bond donors (Lipinski definition) is 2. The monoisotopic (exact) mass is 537 g/mol. The molecule has 1 aliphatic heterocycles. The summed E-state index contributed by atoms with van der Waals surface area (Å²) in [7, 11) is -2.10. The molecule has 1 fully saturated rings. The molecule has 2 atom stereocenters. The number of rotatable bonds is 7. The van der Waals surface area contributed by atoms with Crippen LogP contribution in [0.2, 0.25) is 0 Å². The Bertz CT molecular complexity index is 1560. The minimum Gasteiger partial charge on any atom is -0.495 e. The quantitative estimate of drug-likeness (QED) is 0.334. The third-order valence-electron chi connectivity index (χ3n) is 6.02. The lowest BCUT2D eigenvalue weighted by Crippen LogP contribution is -2.30. The molecular formula is C26H24FN5O3S2. The summed E-state index contributed by atoms with van der Waals surface area (Å²) in [5.41, 5.74) is 3.19. The summed E-state index contributed by atoms with van der Waals surface area (Å²) in [5, 5.41) is 3.81. The minimum atomic E-state index is -3.57. The highest BCUT2D eigenvalue weighted by Gasteiger charge is 2.42. The largest absolute Gasteiger partial charge is 0.495 e. The van der Waals surface area contributed by atoms with Gasteiger partial charge in [0, 0.05) is 29.5 Å². The van der Waals surface area contributed by atoms with E-state index in [1.807, 2.05) is 58.1 Å². The second-order valence-electron chi connectivity index (χ2n) is 8.54. The number of pyridine rings is 1. The topological polar surface area (TPSA) is 88.5 Å². The van der Waals surface area contributed by atoms with Gasteiger partial charge in [0.25, 0.3) is 0 Å². The van der Waals surface area contributed by atoms with Gasteiger partial charge in [-0.25, -0.2) is 12.8 Å². The third-order valence-corrected chi connectivity index (χ3v) is 6.93. The predicted molar refractivity (Wildman–Crippen MR) is 145 cm³/mol. The van der Waals surface area contributed by atoms with Crippen molar-refractivity contribution in [3.05, 3.63) is 102 Å². The van der Waals surface area contributed by atoms with E-state index in [1.165, 1.54) is 19.2 Å². The molecule has 4 aromatic rings. The summed E-state index contributed by atoms with van der Waals surface area (Å²) >= 11 is 5.79. The molecule has 1 aliphatic rings. The molecule has 3 heterocycles. The molecule has 2 aromatic heterocycles. The van der Waals surface area contributed by atoms with Gasteiger partial charge in [-0.3, -0.25) is 9.71 Å². The van der Waals surface area contributed by atoms with Crippen LogP contribution in [-0.2, 0) is 10.0 Å². The van der Waals surface area contributed by atoms with E-state index in [9.17, 15) is 12.8 Å². The van der Waals surface area contributed by atoms with Gasteiger partial charge in [0.1, 0.15) is 17.6 Å². The Labute approximate surface area is 219 Å². The smallest absolute Gasteiger partial charge is 0.229 e. The zero-order chi connectivity index (χ0) is 26.2. The second-order valence-corrected chi connectivity index (χ2v) is 10.7. The van der Waals surface area contributed by atoms with Crippen molar-refractivity contribution >= 4 is 38.7 Å². The summed E-state index contributed by atoms with van der Waals surface area (Å²) in [4.78, 5) is 6.47. The van der Waals surface area contributed by atoms with Crippen LogP contribution in [0.5, 0.6) is 5.75 Å². The fourth-order valence-corrected chi connectivity index (χ4v) is 5.46. The predicted octanol–water partition coefficient (Wildman–Crippen LogP) is 4.57. The number of sulfonamides is 1. The first-order valence-corrected chi connectivity index (χ1v) is 13.6. The fourth-order valence-electron chi connectivity index (χ4n) is 4.55.